The van der Waals surface area contributed by atoms with Gasteiger partial charge >= 0.3 is 0 Å². The molecule has 0 saturated carbocycles. The van der Waals surface area contributed by atoms with Crippen LogP contribution in [0.4, 0.5) is 0 Å². The van der Waals surface area contributed by atoms with Crippen molar-refractivity contribution in [1.82, 2.24) is 10.2 Å². The van der Waals surface area contributed by atoms with Gasteiger partial charge in [-0.1, -0.05) is 0 Å². The first-order valence-corrected chi connectivity index (χ1v) is 5.11. The molecule has 5 nitrogen and oxygen atoms in total. The Morgan fingerprint density at radius 1 is 1.41 bits per heavy atom. The van der Waals surface area contributed by atoms with E-state index in [2.05, 4.69) is 16.3 Å². The molecule has 0 fully saturated rings. The number of nitrogens with zero attached hydrogens (tertiary/aromatic N) is 3. The van der Waals surface area contributed by atoms with Gasteiger partial charge in [0.05, 0.1) is 12.0 Å². The summed E-state index contributed by atoms with van der Waals surface area (Å²) >= 11 is 0. The predicted molar refractivity (Wildman–Crippen MR) is 59.3 cm³/mol. The van der Waals surface area contributed by atoms with Gasteiger partial charge in [-0.15, -0.1) is 5.10 Å². The Morgan fingerprint density at radius 3 is 2.88 bits per heavy atom. The Balaban J connectivity index is 2.22. The third-order valence-corrected chi connectivity index (χ3v) is 2.47. The molecule has 0 bridgehead atoms. The molecule has 0 spiro atoms. The standard InChI is InChI=1S/C12H11N3O2/c1-8-9(2)14-15-12(11(8)6-13)17-7-10-4-3-5-16-10/h3-5H,7H2,1-2H3. The lowest BCUT2D eigenvalue weighted by atomic mass is 10.1. The van der Waals surface area contributed by atoms with Crippen LogP contribution >= 0.6 is 0 Å². The Morgan fingerprint density at radius 2 is 2.24 bits per heavy atom. The number of nitriles is 1. The number of aryl methyl sites for hydroxylation is 1. The molecule has 0 aliphatic carbocycles. The third kappa shape index (κ3) is 2.26. The van der Waals surface area contributed by atoms with Crippen LogP contribution in [0.2, 0.25) is 0 Å². The second-order valence-corrected chi connectivity index (χ2v) is 3.57. The lowest BCUT2D eigenvalue weighted by Crippen LogP contribution is -2.03. The highest BCUT2D eigenvalue weighted by Gasteiger charge is 2.12. The molecule has 5 heteroatoms. The van der Waals surface area contributed by atoms with Crippen LogP contribution in [0.15, 0.2) is 22.8 Å². The Labute approximate surface area is 98.7 Å². The van der Waals surface area contributed by atoms with Crippen molar-refractivity contribution >= 4 is 0 Å². The van der Waals surface area contributed by atoms with Crippen LogP contribution in [0.3, 0.4) is 0 Å². The van der Waals surface area contributed by atoms with Crippen molar-refractivity contribution < 1.29 is 9.15 Å². The van der Waals surface area contributed by atoms with Gasteiger partial charge in [0.25, 0.3) is 5.88 Å². The summed E-state index contributed by atoms with van der Waals surface area (Å²) in [5.41, 5.74) is 1.94. The molecular formula is C12H11N3O2. The minimum absolute atomic E-state index is 0.235. The second-order valence-electron chi connectivity index (χ2n) is 3.57. The Hall–Kier alpha value is -2.35. The number of rotatable bonds is 3. The average molecular weight is 229 g/mol. The fourth-order valence-electron chi connectivity index (χ4n) is 1.35. The first kappa shape index (κ1) is 11.1. The molecule has 0 amide bonds. The molecule has 0 atom stereocenters. The van der Waals surface area contributed by atoms with Crippen molar-refractivity contribution in [3.8, 4) is 11.9 Å². The van der Waals surface area contributed by atoms with E-state index in [1.54, 1.807) is 25.3 Å². The van der Waals surface area contributed by atoms with Crippen molar-refractivity contribution in [2.75, 3.05) is 0 Å². The topological polar surface area (TPSA) is 71.9 Å². The molecule has 0 aliphatic rings. The zero-order valence-electron chi connectivity index (χ0n) is 9.60. The zero-order valence-corrected chi connectivity index (χ0v) is 9.60. The van der Waals surface area contributed by atoms with Gasteiger partial charge in [0.1, 0.15) is 24.0 Å². The normalized spacial score (nSPS) is 9.94. The number of aromatic nitrogens is 2. The number of hydrogen-bond acceptors (Lipinski definition) is 5. The van der Waals surface area contributed by atoms with Gasteiger partial charge in [-0.3, -0.25) is 0 Å². The molecular weight excluding hydrogens is 218 g/mol. The second kappa shape index (κ2) is 4.66. The summed E-state index contributed by atoms with van der Waals surface area (Å²) in [5, 5.41) is 16.9. The van der Waals surface area contributed by atoms with E-state index < -0.39 is 0 Å². The van der Waals surface area contributed by atoms with Gasteiger partial charge in [-0.25, -0.2) is 0 Å². The summed E-state index contributed by atoms with van der Waals surface area (Å²) in [6, 6.07) is 5.64. The predicted octanol–water partition coefficient (Wildman–Crippen LogP) is 2.14. The maximum atomic E-state index is 9.06. The van der Waals surface area contributed by atoms with E-state index in [-0.39, 0.29) is 12.5 Å². The van der Waals surface area contributed by atoms with Crippen LogP contribution in [0.1, 0.15) is 22.6 Å². The summed E-state index contributed by atoms with van der Waals surface area (Å²) in [6.45, 7) is 3.86. The van der Waals surface area contributed by atoms with E-state index >= 15 is 0 Å². The number of hydrogen-bond donors (Lipinski definition) is 0. The first-order chi connectivity index (χ1) is 8.22. The van der Waals surface area contributed by atoms with Gasteiger partial charge in [-0.2, -0.15) is 10.4 Å². The molecule has 2 rings (SSSR count). The molecule has 0 aromatic carbocycles. The van der Waals surface area contributed by atoms with Crippen molar-refractivity contribution in [3.63, 3.8) is 0 Å². The van der Waals surface area contributed by atoms with E-state index in [4.69, 9.17) is 14.4 Å². The zero-order chi connectivity index (χ0) is 12.3. The Bertz CT molecular complexity index is 556. The summed E-state index contributed by atoms with van der Waals surface area (Å²) in [7, 11) is 0. The largest absolute Gasteiger partial charge is 0.467 e. The number of furan rings is 1. The van der Waals surface area contributed by atoms with E-state index in [0.717, 1.165) is 11.3 Å². The minimum atomic E-state index is 0.235. The van der Waals surface area contributed by atoms with E-state index in [1.807, 2.05) is 6.92 Å². The van der Waals surface area contributed by atoms with Gasteiger partial charge in [-0.05, 0) is 31.5 Å². The van der Waals surface area contributed by atoms with E-state index in [1.165, 1.54) is 0 Å². The molecule has 0 N–H and O–H groups in total. The lowest BCUT2D eigenvalue weighted by Gasteiger charge is -2.07. The lowest BCUT2D eigenvalue weighted by molar-refractivity contribution is 0.256. The van der Waals surface area contributed by atoms with Gasteiger partial charge in [0, 0.05) is 0 Å². The van der Waals surface area contributed by atoms with Crippen LogP contribution in [0.25, 0.3) is 0 Å². The summed E-state index contributed by atoms with van der Waals surface area (Å²) < 4.78 is 10.5. The molecule has 2 aromatic rings. The highest BCUT2D eigenvalue weighted by Crippen LogP contribution is 2.20. The molecule has 86 valence electrons. The van der Waals surface area contributed by atoms with Crippen LogP contribution < -0.4 is 4.74 Å². The van der Waals surface area contributed by atoms with E-state index in [9.17, 15) is 0 Å². The van der Waals surface area contributed by atoms with Crippen molar-refractivity contribution in [2.45, 2.75) is 20.5 Å². The van der Waals surface area contributed by atoms with Crippen LogP contribution in [-0.2, 0) is 6.61 Å². The van der Waals surface area contributed by atoms with Crippen LogP contribution in [0.5, 0.6) is 5.88 Å². The summed E-state index contributed by atoms with van der Waals surface area (Å²) in [5.74, 6) is 0.918. The van der Waals surface area contributed by atoms with Crippen LogP contribution in [0, 0.1) is 25.2 Å². The van der Waals surface area contributed by atoms with E-state index in [0.29, 0.717) is 11.3 Å². The molecule has 0 unspecified atom stereocenters. The van der Waals surface area contributed by atoms with Gasteiger partial charge in [0.15, 0.2) is 0 Å². The van der Waals surface area contributed by atoms with Gasteiger partial charge in [0.2, 0.25) is 0 Å². The molecule has 0 aliphatic heterocycles. The third-order valence-electron chi connectivity index (χ3n) is 2.47. The monoisotopic (exact) mass is 229 g/mol. The molecule has 0 radical (unpaired) electrons. The Kier molecular flexibility index (Phi) is 3.06. The first-order valence-electron chi connectivity index (χ1n) is 5.11. The van der Waals surface area contributed by atoms with Crippen molar-refractivity contribution in [1.29, 1.82) is 5.26 Å². The quantitative estimate of drug-likeness (QED) is 0.806. The molecule has 0 saturated heterocycles. The van der Waals surface area contributed by atoms with Gasteiger partial charge < -0.3 is 9.15 Å². The summed E-state index contributed by atoms with van der Waals surface area (Å²) in [6.07, 6.45) is 1.57. The van der Waals surface area contributed by atoms with Crippen molar-refractivity contribution in [3.05, 3.63) is 41.0 Å². The SMILES string of the molecule is Cc1nnc(OCc2ccco2)c(C#N)c1C. The highest BCUT2D eigenvalue weighted by atomic mass is 16.5. The number of ether oxygens (including phenoxy) is 1. The smallest absolute Gasteiger partial charge is 0.252 e. The maximum absolute atomic E-state index is 9.06. The fourth-order valence-corrected chi connectivity index (χ4v) is 1.35. The molecule has 2 aromatic heterocycles. The molecule has 2 heterocycles. The fraction of sp³-hybridized carbons (Fsp3) is 0.250. The average Bonchev–Trinajstić information content (AvgIpc) is 2.83. The van der Waals surface area contributed by atoms with Crippen molar-refractivity contribution in [2.24, 2.45) is 0 Å². The van der Waals surface area contributed by atoms with Crippen LogP contribution in [-0.4, -0.2) is 10.2 Å². The molecule has 17 heavy (non-hydrogen) atoms. The minimum Gasteiger partial charge on any atom is -0.467 e. The summed E-state index contributed by atoms with van der Waals surface area (Å²) in [4.78, 5) is 0. The maximum Gasteiger partial charge on any atom is 0.252 e. The highest BCUT2D eigenvalue weighted by molar-refractivity contribution is 5.44.